The Morgan fingerprint density at radius 3 is 1.38 bits per heavy atom. The van der Waals surface area contributed by atoms with Crippen molar-refractivity contribution in [2.45, 2.75) is 0 Å². The summed E-state index contributed by atoms with van der Waals surface area (Å²) < 4.78 is 9.76. The molecule has 5 heterocycles. The lowest BCUT2D eigenvalue weighted by Gasteiger charge is -2.17. The van der Waals surface area contributed by atoms with E-state index in [4.69, 9.17) is 15.0 Å². The fourth-order valence-corrected chi connectivity index (χ4v) is 13.2. The van der Waals surface area contributed by atoms with E-state index in [0.717, 1.165) is 93.5 Å². The molecule has 0 saturated carbocycles. The van der Waals surface area contributed by atoms with Crippen LogP contribution in [0.4, 0.5) is 0 Å². The van der Waals surface area contributed by atoms with Gasteiger partial charge in [-0.3, -0.25) is 0 Å². The maximum absolute atomic E-state index is 5.56. The van der Waals surface area contributed by atoms with Crippen molar-refractivity contribution in [2.24, 2.45) is 0 Å². The van der Waals surface area contributed by atoms with E-state index in [2.05, 4.69) is 268 Å². The summed E-state index contributed by atoms with van der Waals surface area (Å²) in [6.07, 6.45) is 0. The Kier molecular flexibility index (Phi) is 9.40. The molecule has 16 aromatic rings. The topological polar surface area (TPSA) is 53.5 Å². The van der Waals surface area contributed by atoms with E-state index >= 15 is 0 Å². The Morgan fingerprint density at radius 2 is 0.697 bits per heavy atom. The van der Waals surface area contributed by atoms with Crippen LogP contribution in [0.2, 0.25) is 0 Å². The van der Waals surface area contributed by atoms with Crippen LogP contribution < -0.4 is 0 Å². The minimum Gasteiger partial charge on any atom is -0.309 e. The van der Waals surface area contributed by atoms with Gasteiger partial charge in [-0.05, 0) is 77.9 Å². The van der Waals surface area contributed by atoms with E-state index in [-0.39, 0.29) is 0 Å². The molecule has 11 aromatic carbocycles. The molecular formula is C69H42N6S. The third-order valence-corrected chi connectivity index (χ3v) is 16.5. The lowest BCUT2D eigenvalue weighted by Crippen LogP contribution is -2.05. The van der Waals surface area contributed by atoms with Crippen molar-refractivity contribution in [3.8, 4) is 62.4 Å². The molecule has 0 atom stereocenters. The highest BCUT2D eigenvalue weighted by Crippen LogP contribution is 2.46. The largest absolute Gasteiger partial charge is 0.309 e. The zero-order chi connectivity index (χ0) is 49.8. The number of rotatable bonds is 7. The predicted molar refractivity (Wildman–Crippen MR) is 317 cm³/mol. The van der Waals surface area contributed by atoms with Crippen molar-refractivity contribution < 1.29 is 0 Å². The van der Waals surface area contributed by atoms with Crippen LogP contribution >= 0.6 is 11.3 Å². The van der Waals surface area contributed by atoms with Gasteiger partial charge in [0.25, 0.3) is 0 Å². The van der Waals surface area contributed by atoms with E-state index in [1.807, 2.05) is 0 Å². The number of hydrogen-bond donors (Lipinski definition) is 0. The summed E-state index contributed by atoms with van der Waals surface area (Å²) >= 11 is 1.78. The monoisotopic (exact) mass is 986 g/mol. The molecule has 0 unspecified atom stereocenters. The fraction of sp³-hybridized carbons (Fsp3) is 0. The molecule has 6 nitrogen and oxygen atoms in total. The molecule has 0 N–H and O–H groups in total. The Bertz CT molecular complexity index is 4890. The van der Waals surface area contributed by atoms with E-state index in [1.54, 1.807) is 11.3 Å². The number of para-hydroxylation sites is 6. The molecule has 76 heavy (non-hydrogen) atoms. The van der Waals surface area contributed by atoms with Crippen LogP contribution in [0.25, 0.3) is 148 Å². The number of benzene rings is 11. The molecule has 16 rings (SSSR count). The number of aromatic nitrogens is 6. The van der Waals surface area contributed by atoms with Crippen LogP contribution in [-0.4, -0.2) is 28.7 Å². The van der Waals surface area contributed by atoms with Crippen LogP contribution in [0.3, 0.4) is 0 Å². The maximum atomic E-state index is 5.56. The van der Waals surface area contributed by atoms with Crippen molar-refractivity contribution in [1.29, 1.82) is 0 Å². The molecule has 0 aliphatic carbocycles. The lowest BCUT2D eigenvalue weighted by molar-refractivity contribution is 1.06. The second-order valence-corrected chi connectivity index (χ2v) is 20.5. The lowest BCUT2D eigenvalue weighted by atomic mass is 10.0. The molecule has 0 aliphatic rings. The first kappa shape index (κ1) is 42.5. The van der Waals surface area contributed by atoms with Crippen LogP contribution in [-0.2, 0) is 0 Å². The van der Waals surface area contributed by atoms with Gasteiger partial charge >= 0.3 is 0 Å². The quantitative estimate of drug-likeness (QED) is 0.160. The Morgan fingerprint density at radius 1 is 0.263 bits per heavy atom. The van der Waals surface area contributed by atoms with Crippen LogP contribution in [0.15, 0.2) is 255 Å². The number of fused-ring (bicyclic) bond motifs is 12. The molecule has 0 spiro atoms. The summed E-state index contributed by atoms with van der Waals surface area (Å²) in [5.41, 5.74) is 14.9. The fourth-order valence-electron chi connectivity index (χ4n) is 12.0. The van der Waals surface area contributed by atoms with E-state index in [9.17, 15) is 0 Å². The summed E-state index contributed by atoms with van der Waals surface area (Å²) in [7, 11) is 0. The third kappa shape index (κ3) is 6.36. The van der Waals surface area contributed by atoms with Crippen molar-refractivity contribution >= 4 is 96.9 Å². The normalized spacial score (nSPS) is 11.9. The van der Waals surface area contributed by atoms with Gasteiger partial charge in [0.2, 0.25) is 0 Å². The molecule has 354 valence electrons. The highest BCUT2D eigenvalue weighted by Gasteiger charge is 2.26. The predicted octanol–water partition coefficient (Wildman–Crippen LogP) is 18.2. The highest BCUT2D eigenvalue weighted by molar-refractivity contribution is 7.26. The SMILES string of the molecule is c1ccc(-c2ccc(-c3nc(-c4ccccc4-n4c5cccc(-n6c7ccccc7c7ccccc76)c5c5cccc(-n6c7ccccc7c7ccccc76)c54)nc(-c4cccc5c4sc4ccccc45)n3)cc2)cc1. The molecule has 0 amide bonds. The molecule has 0 aliphatic heterocycles. The van der Waals surface area contributed by atoms with Gasteiger partial charge in [0, 0.05) is 69.2 Å². The smallest absolute Gasteiger partial charge is 0.166 e. The number of thiophene rings is 1. The summed E-state index contributed by atoms with van der Waals surface area (Å²) in [6.45, 7) is 0. The van der Waals surface area contributed by atoms with Gasteiger partial charge in [-0.2, -0.15) is 0 Å². The van der Waals surface area contributed by atoms with E-state index < -0.39 is 0 Å². The molecule has 0 radical (unpaired) electrons. The zero-order valence-electron chi connectivity index (χ0n) is 40.8. The van der Waals surface area contributed by atoms with Gasteiger partial charge in [-0.25, -0.2) is 15.0 Å². The molecule has 0 fully saturated rings. The second-order valence-electron chi connectivity index (χ2n) is 19.5. The van der Waals surface area contributed by atoms with Crippen LogP contribution in [0.1, 0.15) is 0 Å². The van der Waals surface area contributed by atoms with Crippen LogP contribution in [0.5, 0.6) is 0 Å². The minimum atomic E-state index is 0.587. The first-order chi connectivity index (χ1) is 37.7. The first-order valence-corrected chi connectivity index (χ1v) is 26.5. The maximum Gasteiger partial charge on any atom is 0.166 e. The van der Waals surface area contributed by atoms with Gasteiger partial charge in [0.1, 0.15) is 0 Å². The van der Waals surface area contributed by atoms with Gasteiger partial charge in [0.15, 0.2) is 17.5 Å². The minimum absolute atomic E-state index is 0.587. The Hall–Kier alpha value is -9.95. The Balaban J connectivity index is 1.01. The average Bonchev–Trinajstić information content (AvgIpc) is 4.25. The van der Waals surface area contributed by atoms with Crippen LogP contribution in [0, 0.1) is 0 Å². The standard InChI is InChI=1S/C69H42N6S/c1-2-19-43(20-3-1)44-39-41-45(42-40-44)67-70-68(72-69(71-67)54-29-16-27-51-50-25-9-15-38-63(50)76-66(51)54)52-26-8-14-34-59(52)75-61-36-18-35-60(73-55-30-10-4-21-46(55)47-22-5-11-31-56(47)73)64(61)53-28-17-37-62(65(53)75)74-57-32-12-6-23-48(57)49-24-7-13-33-58(49)74/h1-42H. The zero-order valence-corrected chi connectivity index (χ0v) is 41.7. The van der Waals surface area contributed by atoms with Crippen molar-refractivity contribution in [3.05, 3.63) is 255 Å². The van der Waals surface area contributed by atoms with Gasteiger partial charge in [-0.15, -0.1) is 11.3 Å². The Labute approximate surface area is 440 Å². The van der Waals surface area contributed by atoms with Gasteiger partial charge in [0.05, 0.1) is 50.2 Å². The molecule has 0 bridgehead atoms. The van der Waals surface area contributed by atoms with Gasteiger partial charge < -0.3 is 13.7 Å². The van der Waals surface area contributed by atoms with Crippen molar-refractivity contribution in [3.63, 3.8) is 0 Å². The summed E-state index contributed by atoms with van der Waals surface area (Å²) in [4.78, 5) is 16.4. The summed E-state index contributed by atoms with van der Waals surface area (Å²) in [5, 5.41) is 9.56. The van der Waals surface area contributed by atoms with Gasteiger partial charge in [-0.1, -0.05) is 188 Å². The molecular weight excluding hydrogens is 945 g/mol. The molecule has 7 heteroatoms. The van der Waals surface area contributed by atoms with Crippen molar-refractivity contribution in [1.82, 2.24) is 28.7 Å². The summed E-state index contributed by atoms with van der Waals surface area (Å²) in [5.74, 6) is 1.82. The van der Waals surface area contributed by atoms with E-state index in [1.165, 1.54) is 37.0 Å². The number of nitrogens with zero attached hydrogens (tertiary/aromatic N) is 6. The summed E-state index contributed by atoms with van der Waals surface area (Å²) in [6, 6.07) is 91.5. The molecule has 0 saturated heterocycles. The highest BCUT2D eigenvalue weighted by atomic mass is 32.1. The first-order valence-electron chi connectivity index (χ1n) is 25.7. The molecule has 5 aromatic heterocycles. The van der Waals surface area contributed by atoms with E-state index in [0.29, 0.717) is 17.5 Å². The number of hydrogen-bond acceptors (Lipinski definition) is 4. The third-order valence-electron chi connectivity index (χ3n) is 15.3. The van der Waals surface area contributed by atoms with Crippen molar-refractivity contribution in [2.75, 3.05) is 0 Å². The second kappa shape index (κ2) is 16.8. The average molecular weight is 987 g/mol.